The van der Waals surface area contributed by atoms with Crippen LogP contribution in [0.3, 0.4) is 0 Å². The van der Waals surface area contributed by atoms with Crippen molar-refractivity contribution in [2.24, 2.45) is 5.92 Å². The van der Waals surface area contributed by atoms with Crippen molar-refractivity contribution in [3.63, 3.8) is 0 Å². The van der Waals surface area contributed by atoms with E-state index in [9.17, 15) is 10.4 Å². The molecule has 6 nitrogen and oxygen atoms in total. The lowest BCUT2D eigenvalue weighted by Crippen LogP contribution is -2.56. The molecule has 1 saturated heterocycles. The number of nitrogens with zero attached hydrogens (tertiary/aromatic N) is 1. The molecule has 0 saturated carbocycles. The number of nitriles is 1. The van der Waals surface area contributed by atoms with E-state index in [4.69, 9.17) is 18.9 Å². The average Bonchev–Trinajstić information content (AvgIpc) is 2.75. The van der Waals surface area contributed by atoms with Gasteiger partial charge in [0.1, 0.15) is 24.2 Å². The van der Waals surface area contributed by atoms with Gasteiger partial charge in [-0.1, -0.05) is 60.7 Å². The van der Waals surface area contributed by atoms with Gasteiger partial charge in [0.05, 0.1) is 25.9 Å². The van der Waals surface area contributed by atoms with Gasteiger partial charge in [0, 0.05) is 7.11 Å². The fourth-order valence-corrected chi connectivity index (χ4v) is 3.22. The molecule has 1 aliphatic heterocycles. The van der Waals surface area contributed by atoms with Crippen molar-refractivity contribution in [1.82, 2.24) is 0 Å². The lowest BCUT2D eigenvalue weighted by molar-refractivity contribution is -0.288. The second-order valence-electron chi connectivity index (χ2n) is 6.69. The molecule has 1 aliphatic rings. The van der Waals surface area contributed by atoms with E-state index in [1.54, 1.807) is 0 Å². The van der Waals surface area contributed by atoms with Crippen LogP contribution in [-0.2, 0) is 32.2 Å². The van der Waals surface area contributed by atoms with Crippen molar-refractivity contribution in [2.75, 3.05) is 13.7 Å². The number of methoxy groups -OCH3 is 1. The largest absolute Gasteiger partial charge is 0.389 e. The van der Waals surface area contributed by atoms with Gasteiger partial charge in [-0.05, 0) is 11.1 Å². The minimum absolute atomic E-state index is 0.152. The van der Waals surface area contributed by atoms with Crippen LogP contribution < -0.4 is 0 Å². The van der Waals surface area contributed by atoms with Crippen molar-refractivity contribution >= 4 is 0 Å². The third kappa shape index (κ3) is 5.16. The molecule has 1 fully saturated rings. The Balaban J connectivity index is 1.59. The summed E-state index contributed by atoms with van der Waals surface area (Å²) in [6, 6.07) is 21.5. The van der Waals surface area contributed by atoms with Crippen molar-refractivity contribution in [3.8, 4) is 6.07 Å². The van der Waals surface area contributed by atoms with E-state index >= 15 is 0 Å². The van der Waals surface area contributed by atoms with Crippen LogP contribution in [-0.4, -0.2) is 43.4 Å². The first-order chi connectivity index (χ1) is 13.7. The lowest BCUT2D eigenvalue weighted by Gasteiger charge is -2.41. The van der Waals surface area contributed by atoms with Gasteiger partial charge in [-0.25, -0.2) is 0 Å². The SMILES string of the molecule is CO[C@H]1O[C@H](COCc2ccccc2)[C@H](O)[C@H](C#N)[C@H]1OCc1ccccc1. The van der Waals surface area contributed by atoms with E-state index in [0.29, 0.717) is 13.2 Å². The highest BCUT2D eigenvalue weighted by atomic mass is 16.7. The van der Waals surface area contributed by atoms with Crippen molar-refractivity contribution in [2.45, 2.75) is 37.8 Å². The van der Waals surface area contributed by atoms with Crippen LogP contribution in [0.1, 0.15) is 11.1 Å². The maximum Gasteiger partial charge on any atom is 0.185 e. The van der Waals surface area contributed by atoms with Crippen LogP contribution in [0, 0.1) is 17.2 Å². The molecule has 0 unspecified atom stereocenters. The molecule has 148 valence electrons. The standard InChI is InChI=1S/C22H25NO5/c1-25-22-21(27-14-17-10-6-3-7-11-17)18(12-23)20(24)19(28-22)15-26-13-16-8-4-2-5-9-16/h2-11,18-22,24H,13-15H2,1H3/t18-,19+,20+,21+,22-/m0/s1. The Morgan fingerprint density at radius 2 is 1.61 bits per heavy atom. The predicted molar refractivity (Wildman–Crippen MR) is 102 cm³/mol. The summed E-state index contributed by atoms with van der Waals surface area (Å²) < 4.78 is 22.8. The summed E-state index contributed by atoms with van der Waals surface area (Å²) in [5.74, 6) is -0.785. The van der Waals surface area contributed by atoms with Crippen molar-refractivity contribution < 1.29 is 24.1 Å². The lowest BCUT2D eigenvalue weighted by atomic mass is 9.90. The van der Waals surface area contributed by atoms with Crippen LogP contribution >= 0.6 is 0 Å². The zero-order valence-electron chi connectivity index (χ0n) is 15.8. The van der Waals surface area contributed by atoms with Gasteiger partial charge in [-0.2, -0.15) is 5.26 Å². The summed E-state index contributed by atoms with van der Waals surface area (Å²) in [5.41, 5.74) is 1.99. The molecule has 0 radical (unpaired) electrons. The van der Waals surface area contributed by atoms with Gasteiger partial charge in [0.15, 0.2) is 6.29 Å². The summed E-state index contributed by atoms with van der Waals surface area (Å²) in [6.07, 6.45) is -3.17. The first-order valence-corrected chi connectivity index (χ1v) is 9.26. The number of hydrogen-bond donors (Lipinski definition) is 1. The van der Waals surface area contributed by atoms with Crippen LogP contribution in [0.5, 0.6) is 0 Å². The first kappa shape index (κ1) is 20.5. The highest BCUT2D eigenvalue weighted by Crippen LogP contribution is 2.29. The number of aliphatic hydroxyl groups excluding tert-OH is 1. The number of hydrogen-bond acceptors (Lipinski definition) is 6. The Kier molecular flexibility index (Phi) is 7.54. The van der Waals surface area contributed by atoms with E-state index < -0.39 is 30.5 Å². The van der Waals surface area contributed by atoms with Gasteiger partial charge >= 0.3 is 0 Å². The average molecular weight is 383 g/mol. The fraction of sp³-hybridized carbons (Fsp3) is 0.409. The molecular formula is C22H25NO5. The molecule has 2 aromatic carbocycles. The summed E-state index contributed by atoms with van der Waals surface area (Å²) >= 11 is 0. The molecule has 0 bridgehead atoms. The molecular weight excluding hydrogens is 358 g/mol. The Labute approximate surface area is 165 Å². The van der Waals surface area contributed by atoms with Crippen LogP contribution in [0.15, 0.2) is 60.7 Å². The van der Waals surface area contributed by atoms with E-state index in [1.807, 2.05) is 60.7 Å². The third-order valence-electron chi connectivity index (χ3n) is 4.74. The molecule has 3 rings (SSSR count). The molecule has 1 N–H and O–H groups in total. The zero-order valence-corrected chi connectivity index (χ0v) is 15.8. The summed E-state index contributed by atoms with van der Waals surface area (Å²) in [6.45, 7) is 0.852. The Bertz CT molecular complexity index is 749. The van der Waals surface area contributed by atoms with E-state index in [-0.39, 0.29) is 6.61 Å². The maximum absolute atomic E-state index is 10.6. The van der Waals surface area contributed by atoms with E-state index in [1.165, 1.54) is 7.11 Å². The van der Waals surface area contributed by atoms with Gasteiger partial charge < -0.3 is 24.1 Å². The van der Waals surface area contributed by atoms with Gasteiger partial charge in [-0.3, -0.25) is 0 Å². The zero-order chi connectivity index (χ0) is 19.8. The maximum atomic E-state index is 10.6. The minimum Gasteiger partial charge on any atom is -0.389 e. The van der Waals surface area contributed by atoms with Gasteiger partial charge in [-0.15, -0.1) is 0 Å². The van der Waals surface area contributed by atoms with Crippen molar-refractivity contribution in [1.29, 1.82) is 5.26 Å². The molecule has 0 amide bonds. The monoisotopic (exact) mass is 383 g/mol. The Morgan fingerprint density at radius 3 is 2.18 bits per heavy atom. The van der Waals surface area contributed by atoms with Crippen LogP contribution in [0.2, 0.25) is 0 Å². The molecule has 1 heterocycles. The first-order valence-electron chi connectivity index (χ1n) is 9.26. The van der Waals surface area contributed by atoms with E-state index in [0.717, 1.165) is 11.1 Å². The topological polar surface area (TPSA) is 80.9 Å². The molecule has 0 aliphatic carbocycles. The quantitative estimate of drug-likeness (QED) is 0.755. The van der Waals surface area contributed by atoms with Crippen molar-refractivity contribution in [3.05, 3.63) is 71.8 Å². The normalized spacial score (nSPS) is 27.2. The number of ether oxygens (including phenoxy) is 4. The fourth-order valence-electron chi connectivity index (χ4n) is 3.22. The molecule has 2 aromatic rings. The Hall–Kier alpha value is -2.27. The Morgan fingerprint density at radius 1 is 1.00 bits per heavy atom. The van der Waals surface area contributed by atoms with Crippen LogP contribution in [0.25, 0.3) is 0 Å². The smallest absolute Gasteiger partial charge is 0.185 e. The molecule has 0 spiro atoms. The van der Waals surface area contributed by atoms with Gasteiger partial charge in [0.25, 0.3) is 0 Å². The third-order valence-corrected chi connectivity index (χ3v) is 4.74. The highest BCUT2D eigenvalue weighted by Gasteiger charge is 2.46. The summed E-state index contributed by atoms with van der Waals surface area (Å²) in [4.78, 5) is 0. The van der Waals surface area contributed by atoms with Gasteiger partial charge in [0.2, 0.25) is 0 Å². The van der Waals surface area contributed by atoms with Crippen LogP contribution in [0.4, 0.5) is 0 Å². The molecule has 6 heteroatoms. The number of benzene rings is 2. The molecule has 5 atom stereocenters. The summed E-state index contributed by atoms with van der Waals surface area (Å²) in [5, 5.41) is 20.3. The second-order valence-corrected chi connectivity index (χ2v) is 6.69. The minimum atomic E-state index is -1.03. The summed E-state index contributed by atoms with van der Waals surface area (Å²) in [7, 11) is 1.50. The highest BCUT2D eigenvalue weighted by molar-refractivity contribution is 5.14. The molecule has 0 aromatic heterocycles. The number of rotatable bonds is 8. The van der Waals surface area contributed by atoms with E-state index in [2.05, 4.69) is 6.07 Å². The second kappa shape index (κ2) is 10.3. The number of aliphatic hydroxyl groups is 1. The predicted octanol–water partition coefficient (Wildman–Crippen LogP) is 2.66. The molecule has 28 heavy (non-hydrogen) atoms.